The Hall–Kier alpha value is -2.45. The Balaban J connectivity index is 1.94. The Morgan fingerprint density at radius 1 is 1.18 bits per heavy atom. The van der Waals surface area contributed by atoms with Crippen LogP contribution in [0.3, 0.4) is 0 Å². The van der Waals surface area contributed by atoms with Crippen molar-refractivity contribution < 1.29 is 18.1 Å². The highest BCUT2D eigenvalue weighted by molar-refractivity contribution is 7.89. The summed E-state index contributed by atoms with van der Waals surface area (Å²) in [5.41, 5.74) is 1.89. The lowest BCUT2D eigenvalue weighted by molar-refractivity contribution is -0.385. The Kier molecular flexibility index (Phi) is 5.71. The monoisotopic (exact) mass is 404 g/mol. The lowest BCUT2D eigenvalue weighted by atomic mass is 10.0. The molecule has 0 radical (unpaired) electrons. The molecule has 0 heterocycles. The second-order valence-electron chi connectivity index (χ2n) is 7.27. The molecule has 0 aliphatic heterocycles. The molecule has 8 heteroatoms. The minimum absolute atomic E-state index is 0.0185. The fourth-order valence-electron chi connectivity index (χ4n) is 3.07. The summed E-state index contributed by atoms with van der Waals surface area (Å²) in [6.45, 7) is 4.47. The first kappa shape index (κ1) is 20.3. The summed E-state index contributed by atoms with van der Waals surface area (Å²) in [4.78, 5) is 10.4. The van der Waals surface area contributed by atoms with Crippen LogP contribution in [-0.2, 0) is 16.6 Å². The van der Waals surface area contributed by atoms with Crippen LogP contribution in [0.2, 0.25) is 0 Å². The van der Waals surface area contributed by atoms with Gasteiger partial charge in [-0.1, -0.05) is 38.1 Å². The molecular formula is C20H24N2O5S. The summed E-state index contributed by atoms with van der Waals surface area (Å²) in [7, 11) is -2.55. The maximum absolute atomic E-state index is 13.3. The van der Waals surface area contributed by atoms with E-state index in [2.05, 4.69) is 13.8 Å². The largest absolute Gasteiger partial charge is 0.495 e. The van der Waals surface area contributed by atoms with Crippen molar-refractivity contribution in [2.45, 2.75) is 50.1 Å². The Morgan fingerprint density at radius 3 is 2.32 bits per heavy atom. The highest BCUT2D eigenvalue weighted by Gasteiger charge is 2.39. The number of nitrogens with zero attached hydrogens (tertiary/aromatic N) is 2. The highest BCUT2D eigenvalue weighted by atomic mass is 32.2. The summed E-state index contributed by atoms with van der Waals surface area (Å²) < 4.78 is 33.3. The van der Waals surface area contributed by atoms with Crippen molar-refractivity contribution in [3.05, 3.63) is 63.7 Å². The number of non-ortho nitro benzene ring substituents is 1. The third-order valence-electron chi connectivity index (χ3n) is 4.88. The molecule has 0 amide bonds. The van der Waals surface area contributed by atoms with E-state index in [1.165, 1.54) is 29.1 Å². The standard InChI is InChI=1S/C20H24N2O5S/c1-14(2)16-6-4-15(5-7-16)13-21(17-8-9-17)28(25,26)20-11-10-18(22(23)24)12-19(20)27-3/h4-7,10-12,14,17H,8-9,13H2,1-3H3. The molecule has 7 nitrogen and oxygen atoms in total. The first-order valence-electron chi connectivity index (χ1n) is 9.17. The molecule has 2 aromatic carbocycles. The van der Waals surface area contributed by atoms with Gasteiger partial charge in [-0.15, -0.1) is 0 Å². The van der Waals surface area contributed by atoms with E-state index in [4.69, 9.17) is 4.74 Å². The quantitative estimate of drug-likeness (QED) is 0.488. The van der Waals surface area contributed by atoms with Gasteiger partial charge in [-0.25, -0.2) is 8.42 Å². The maximum Gasteiger partial charge on any atom is 0.273 e. The van der Waals surface area contributed by atoms with Crippen molar-refractivity contribution in [2.75, 3.05) is 7.11 Å². The SMILES string of the molecule is COc1cc([N+](=O)[O-])ccc1S(=O)(=O)N(Cc1ccc(C(C)C)cc1)C1CC1. The van der Waals surface area contributed by atoms with E-state index >= 15 is 0 Å². The predicted molar refractivity (Wildman–Crippen MR) is 106 cm³/mol. The zero-order valence-corrected chi connectivity index (χ0v) is 17.0. The molecule has 0 bridgehead atoms. The average Bonchev–Trinajstić information content (AvgIpc) is 3.50. The molecule has 0 saturated heterocycles. The number of nitro benzene ring substituents is 1. The van der Waals surface area contributed by atoms with Crippen LogP contribution in [0.25, 0.3) is 0 Å². The molecule has 1 fully saturated rings. The molecule has 150 valence electrons. The molecule has 1 saturated carbocycles. The smallest absolute Gasteiger partial charge is 0.273 e. The van der Waals surface area contributed by atoms with Crippen LogP contribution in [0.4, 0.5) is 5.69 Å². The lowest BCUT2D eigenvalue weighted by Crippen LogP contribution is -2.33. The third kappa shape index (κ3) is 4.18. The fourth-order valence-corrected chi connectivity index (χ4v) is 4.88. The van der Waals surface area contributed by atoms with E-state index in [-0.39, 0.29) is 28.9 Å². The van der Waals surface area contributed by atoms with Gasteiger partial charge in [0.1, 0.15) is 10.6 Å². The van der Waals surface area contributed by atoms with Crippen molar-refractivity contribution in [3.8, 4) is 5.75 Å². The Morgan fingerprint density at radius 2 is 1.82 bits per heavy atom. The average molecular weight is 404 g/mol. The van der Waals surface area contributed by atoms with Gasteiger partial charge in [-0.3, -0.25) is 10.1 Å². The van der Waals surface area contributed by atoms with E-state index in [1.54, 1.807) is 0 Å². The summed E-state index contributed by atoms with van der Waals surface area (Å²) in [6, 6.07) is 11.5. The molecule has 1 aliphatic rings. The summed E-state index contributed by atoms with van der Waals surface area (Å²) in [5.74, 6) is 0.386. The number of rotatable bonds is 8. The van der Waals surface area contributed by atoms with Crippen LogP contribution in [0, 0.1) is 10.1 Å². The minimum atomic E-state index is -3.86. The molecule has 1 aliphatic carbocycles. The fraction of sp³-hybridized carbons (Fsp3) is 0.400. The molecule has 0 N–H and O–H groups in total. The van der Waals surface area contributed by atoms with Crippen molar-refractivity contribution in [1.82, 2.24) is 4.31 Å². The topological polar surface area (TPSA) is 89.7 Å². The highest BCUT2D eigenvalue weighted by Crippen LogP contribution is 2.37. The van der Waals surface area contributed by atoms with E-state index in [9.17, 15) is 18.5 Å². The van der Waals surface area contributed by atoms with E-state index in [0.717, 1.165) is 24.5 Å². The van der Waals surface area contributed by atoms with E-state index in [1.807, 2.05) is 24.3 Å². The molecule has 0 unspecified atom stereocenters. The second kappa shape index (κ2) is 7.89. The predicted octanol–water partition coefficient (Wildman–Crippen LogP) is 4.08. The zero-order valence-electron chi connectivity index (χ0n) is 16.2. The first-order valence-corrected chi connectivity index (χ1v) is 10.6. The molecular weight excluding hydrogens is 380 g/mol. The van der Waals surface area contributed by atoms with Gasteiger partial charge in [-0.05, 0) is 36.0 Å². The Bertz CT molecular complexity index is 967. The van der Waals surface area contributed by atoms with Gasteiger partial charge >= 0.3 is 0 Å². The van der Waals surface area contributed by atoms with Crippen LogP contribution in [-0.4, -0.2) is 30.8 Å². The van der Waals surface area contributed by atoms with Gasteiger partial charge < -0.3 is 4.74 Å². The van der Waals surface area contributed by atoms with Crippen molar-refractivity contribution in [1.29, 1.82) is 0 Å². The van der Waals surface area contributed by atoms with Crippen LogP contribution < -0.4 is 4.74 Å². The molecule has 2 aromatic rings. The number of methoxy groups -OCH3 is 1. The molecule has 28 heavy (non-hydrogen) atoms. The second-order valence-corrected chi connectivity index (χ2v) is 9.13. The van der Waals surface area contributed by atoms with Crippen LogP contribution >= 0.6 is 0 Å². The van der Waals surface area contributed by atoms with Crippen molar-refractivity contribution in [2.24, 2.45) is 0 Å². The lowest BCUT2D eigenvalue weighted by Gasteiger charge is -2.23. The number of hydrogen-bond donors (Lipinski definition) is 0. The van der Waals surface area contributed by atoms with Gasteiger partial charge in [-0.2, -0.15) is 4.31 Å². The molecule has 0 aromatic heterocycles. The van der Waals surface area contributed by atoms with Gasteiger partial charge in [0.25, 0.3) is 5.69 Å². The summed E-state index contributed by atoms with van der Waals surface area (Å²) in [5, 5.41) is 11.0. The van der Waals surface area contributed by atoms with Crippen molar-refractivity contribution >= 4 is 15.7 Å². The van der Waals surface area contributed by atoms with Crippen LogP contribution in [0.15, 0.2) is 47.4 Å². The van der Waals surface area contributed by atoms with Gasteiger partial charge in [0.15, 0.2) is 0 Å². The molecule has 0 spiro atoms. The maximum atomic E-state index is 13.3. The first-order chi connectivity index (χ1) is 13.2. The van der Waals surface area contributed by atoms with Gasteiger partial charge in [0.2, 0.25) is 10.0 Å². The third-order valence-corrected chi connectivity index (χ3v) is 6.82. The zero-order chi connectivity index (χ0) is 20.5. The van der Waals surface area contributed by atoms with Gasteiger partial charge in [0.05, 0.1) is 18.1 Å². The van der Waals surface area contributed by atoms with E-state index < -0.39 is 14.9 Å². The Labute approximate surface area is 165 Å². The molecule has 3 rings (SSSR count). The number of ether oxygens (including phenoxy) is 1. The molecule has 0 atom stereocenters. The number of sulfonamides is 1. The van der Waals surface area contributed by atoms with Crippen LogP contribution in [0.5, 0.6) is 5.75 Å². The van der Waals surface area contributed by atoms with Crippen LogP contribution in [0.1, 0.15) is 43.7 Å². The number of benzene rings is 2. The van der Waals surface area contributed by atoms with Gasteiger partial charge in [0, 0.05) is 18.7 Å². The number of nitro groups is 1. The minimum Gasteiger partial charge on any atom is -0.495 e. The normalized spacial score (nSPS) is 14.5. The summed E-state index contributed by atoms with van der Waals surface area (Å²) in [6.07, 6.45) is 1.61. The van der Waals surface area contributed by atoms with Crippen molar-refractivity contribution in [3.63, 3.8) is 0 Å². The summed E-state index contributed by atoms with van der Waals surface area (Å²) >= 11 is 0. The van der Waals surface area contributed by atoms with E-state index in [0.29, 0.717) is 5.92 Å². The number of hydrogen-bond acceptors (Lipinski definition) is 5.